The second-order valence-corrected chi connectivity index (χ2v) is 7.00. The predicted molar refractivity (Wildman–Crippen MR) is 114 cm³/mol. The highest BCUT2D eigenvalue weighted by atomic mass is 16.5. The first-order valence-electron chi connectivity index (χ1n) is 9.68. The van der Waals surface area contributed by atoms with Crippen molar-refractivity contribution in [2.45, 2.75) is 19.6 Å². The molecule has 0 amide bonds. The third-order valence-corrected chi connectivity index (χ3v) is 4.84. The second-order valence-electron chi connectivity index (χ2n) is 7.00. The van der Waals surface area contributed by atoms with Gasteiger partial charge in [0.05, 0.1) is 12.1 Å². The van der Waals surface area contributed by atoms with Crippen LogP contribution in [-0.4, -0.2) is 22.7 Å². The Hall–Kier alpha value is -3.64. The number of rotatable bonds is 7. The van der Waals surface area contributed by atoms with E-state index >= 15 is 0 Å². The minimum Gasteiger partial charge on any atom is -0.489 e. The van der Waals surface area contributed by atoms with Crippen LogP contribution in [0, 0.1) is 0 Å². The lowest BCUT2D eigenvalue weighted by atomic mass is 9.99. The van der Waals surface area contributed by atoms with Crippen LogP contribution >= 0.6 is 0 Å². The Morgan fingerprint density at radius 2 is 2.03 bits per heavy atom. The van der Waals surface area contributed by atoms with Crippen molar-refractivity contribution in [3.63, 3.8) is 0 Å². The van der Waals surface area contributed by atoms with Crippen LogP contribution in [0.5, 0.6) is 11.5 Å². The van der Waals surface area contributed by atoms with Crippen molar-refractivity contribution < 1.29 is 19.4 Å². The van der Waals surface area contributed by atoms with Gasteiger partial charge in [0.25, 0.3) is 0 Å². The topological polar surface area (TPSA) is 94.7 Å². The van der Waals surface area contributed by atoms with Crippen molar-refractivity contribution >= 4 is 12.0 Å². The number of para-hydroxylation sites is 1. The highest BCUT2D eigenvalue weighted by Gasteiger charge is 2.17. The van der Waals surface area contributed by atoms with E-state index in [1.165, 1.54) is 0 Å². The van der Waals surface area contributed by atoms with E-state index in [1.54, 1.807) is 24.4 Å². The number of benzene rings is 2. The predicted octanol–water partition coefficient (Wildman–Crippen LogP) is 3.82. The van der Waals surface area contributed by atoms with Gasteiger partial charge in [0.2, 0.25) is 0 Å². The summed E-state index contributed by atoms with van der Waals surface area (Å²) >= 11 is 0. The molecule has 0 radical (unpaired) electrons. The molecule has 152 valence electrons. The van der Waals surface area contributed by atoms with Gasteiger partial charge < -0.3 is 20.3 Å². The molecule has 0 fully saturated rings. The van der Waals surface area contributed by atoms with Crippen molar-refractivity contribution in [3.8, 4) is 22.8 Å². The zero-order valence-electron chi connectivity index (χ0n) is 16.4. The van der Waals surface area contributed by atoms with Gasteiger partial charge in [0, 0.05) is 29.4 Å². The van der Waals surface area contributed by atoms with Crippen LogP contribution in [-0.2, 0) is 24.4 Å². The molecule has 4 rings (SSSR count). The van der Waals surface area contributed by atoms with Crippen molar-refractivity contribution in [3.05, 3.63) is 83.1 Å². The highest BCUT2D eigenvalue weighted by Crippen LogP contribution is 2.37. The molecule has 0 aliphatic carbocycles. The summed E-state index contributed by atoms with van der Waals surface area (Å²) in [6.07, 6.45) is 5.64. The molecule has 2 aromatic carbocycles. The maximum Gasteiger partial charge on any atom is 0.307 e. The SMILES string of the molecule is NCc1ccnc(-c2cc(COc3ccccc3CC(=O)O)cc3c2OCC=C3)c1. The fraction of sp³-hybridized carbons (Fsp3) is 0.167. The molecule has 0 atom stereocenters. The smallest absolute Gasteiger partial charge is 0.307 e. The Balaban J connectivity index is 1.67. The molecule has 0 saturated heterocycles. The van der Waals surface area contributed by atoms with E-state index < -0.39 is 5.97 Å². The summed E-state index contributed by atoms with van der Waals surface area (Å²) in [6, 6.07) is 15.1. The molecular weight excluding hydrogens is 380 g/mol. The van der Waals surface area contributed by atoms with Crippen LogP contribution in [0.3, 0.4) is 0 Å². The molecule has 0 unspecified atom stereocenters. The Labute approximate surface area is 174 Å². The molecule has 6 heteroatoms. The third-order valence-electron chi connectivity index (χ3n) is 4.84. The summed E-state index contributed by atoms with van der Waals surface area (Å²) in [5, 5.41) is 9.12. The number of nitrogens with two attached hydrogens (primary N) is 1. The molecule has 3 N–H and O–H groups in total. The van der Waals surface area contributed by atoms with Gasteiger partial charge in [-0.25, -0.2) is 0 Å². The lowest BCUT2D eigenvalue weighted by Gasteiger charge is -2.19. The molecule has 0 spiro atoms. The zero-order valence-corrected chi connectivity index (χ0v) is 16.4. The molecule has 1 aromatic heterocycles. The minimum atomic E-state index is -0.893. The lowest BCUT2D eigenvalue weighted by molar-refractivity contribution is -0.136. The first-order chi connectivity index (χ1) is 14.6. The molecule has 1 aliphatic heterocycles. The molecule has 0 bridgehead atoms. The summed E-state index contributed by atoms with van der Waals surface area (Å²) < 4.78 is 11.9. The molecule has 2 heterocycles. The van der Waals surface area contributed by atoms with E-state index in [4.69, 9.17) is 20.3 Å². The summed E-state index contributed by atoms with van der Waals surface area (Å²) in [5.74, 6) is 0.457. The highest BCUT2D eigenvalue weighted by molar-refractivity contribution is 5.77. The maximum atomic E-state index is 11.1. The van der Waals surface area contributed by atoms with E-state index in [0.29, 0.717) is 31.1 Å². The van der Waals surface area contributed by atoms with Gasteiger partial charge in [-0.3, -0.25) is 9.78 Å². The van der Waals surface area contributed by atoms with Crippen molar-refractivity contribution in [1.29, 1.82) is 0 Å². The number of hydrogen-bond donors (Lipinski definition) is 2. The van der Waals surface area contributed by atoms with E-state index in [1.807, 2.05) is 42.5 Å². The number of fused-ring (bicyclic) bond motifs is 1. The molecule has 0 saturated carbocycles. The standard InChI is InChI=1S/C24H22N2O4/c25-14-16-7-8-26-21(12-16)20-11-17(10-19-5-3-9-29-24(19)20)15-30-22-6-2-1-4-18(22)13-23(27)28/h1-8,10-12H,9,13-15,25H2,(H,27,28). The van der Waals surface area contributed by atoms with E-state index in [0.717, 1.165) is 33.7 Å². The van der Waals surface area contributed by atoms with Crippen LogP contribution < -0.4 is 15.2 Å². The first kappa shape index (κ1) is 19.7. The van der Waals surface area contributed by atoms with Crippen LogP contribution in [0.1, 0.15) is 22.3 Å². The third kappa shape index (κ3) is 4.34. The number of hydrogen-bond acceptors (Lipinski definition) is 5. The molecule has 6 nitrogen and oxygen atoms in total. The van der Waals surface area contributed by atoms with E-state index in [9.17, 15) is 4.79 Å². The molecule has 30 heavy (non-hydrogen) atoms. The number of carboxylic acid groups (broad SMARTS) is 1. The number of carbonyl (C=O) groups is 1. The van der Waals surface area contributed by atoms with Gasteiger partial charge >= 0.3 is 5.97 Å². The van der Waals surface area contributed by atoms with Crippen molar-refractivity contribution in [1.82, 2.24) is 4.98 Å². The number of pyridine rings is 1. The number of aliphatic carboxylic acids is 1. The Kier molecular flexibility index (Phi) is 5.77. The number of nitrogens with zero attached hydrogens (tertiary/aromatic N) is 1. The van der Waals surface area contributed by atoms with Gasteiger partial charge in [0.1, 0.15) is 24.7 Å². The van der Waals surface area contributed by atoms with E-state index in [2.05, 4.69) is 4.98 Å². The maximum absolute atomic E-state index is 11.1. The van der Waals surface area contributed by atoms with Crippen LogP contribution in [0.2, 0.25) is 0 Å². The van der Waals surface area contributed by atoms with Gasteiger partial charge in [-0.1, -0.05) is 24.3 Å². The Morgan fingerprint density at radius 1 is 1.17 bits per heavy atom. The Bertz CT molecular complexity index is 1110. The van der Waals surface area contributed by atoms with Crippen LogP contribution in [0.15, 0.2) is 60.8 Å². The van der Waals surface area contributed by atoms with Crippen molar-refractivity contribution in [2.24, 2.45) is 5.73 Å². The monoisotopic (exact) mass is 402 g/mol. The quantitative estimate of drug-likeness (QED) is 0.624. The number of carboxylic acids is 1. The summed E-state index contributed by atoms with van der Waals surface area (Å²) in [4.78, 5) is 15.6. The summed E-state index contributed by atoms with van der Waals surface area (Å²) in [6.45, 7) is 1.23. The van der Waals surface area contributed by atoms with E-state index in [-0.39, 0.29) is 6.42 Å². The average molecular weight is 402 g/mol. The first-order valence-corrected chi connectivity index (χ1v) is 9.68. The minimum absolute atomic E-state index is 0.0853. The van der Waals surface area contributed by atoms with Gasteiger partial charge in [0.15, 0.2) is 0 Å². The lowest BCUT2D eigenvalue weighted by Crippen LogP contribution is -2.07. The fourth-order valence-corrected chi connectivity index (χ4v) is 3.44. The van der Waals surface area contributed by atoms with Gasteiger partial charge in [-0.15, -0.1) is 0 Å². The summed E-state index contributed by atoms with van der Waals surface area (Å²) in [5.41, 5.74) is 11.0. The van der Waals surface area contributed by atoms with Gasteiger partial charge in [-0.05, 0) is 47.5 Å². The van der Waals surface area contributed by atoms with Crippen LogP contribution in [0.25, 0.3) is 17.3 Å². The number of ether oxygens (including phenoxy) is 2. The van der Waals surface area contributed by atoms with Crippen LogP contribution in [0.4, 0.5) is 0 Å². The fourth-order valence-electron chi connectivity index (χ4n) is 3.44. The Morgan fingerprint density at radius 3 is 2.87 bits per heavy atom. The average Bonchev–Trinajstić information content (AvgIpc) is 2.77. The largest absolute Gasteiger partial charge is 0.489 e. The molecule has 3 aromatic rings. The van der Waals surface area contributed by atoms with Gasteiger partial charge in [-0.2, -0.15) is 0 Å². The second kappa shape index (κ2) is 8.80. The van der Waals surface area contributed by atoms with Crippen molar-refractivity contribution in [2.75, 3.05) is 6.61 Å². The molecular formula is C24H22N2O4. The zero-order chi connectivity index (χ0) is 20.9. The normalized spacial score (nSPS) is 12.2. The summed E-state index contributed by atoms with van der Waals surface area (Å²) in [7, 11) is 0. The number of aromatic nitrogens is 1. The molecule has 1 aliphatic rings.